The van der Waals surface area contributed by atoms with Crippen molar-refractivity contribution in [2.45, 2.75) is 19.8 Å². The lowest BCUT2D eigenvalue weighted by Crippen LogP contribution is -2.42. The maximum absolute atomic E-state index is 11.4. The van der Waals surface area contributed by atoms with Gasteiger partial charge in [-0.2, -0.15) is 0 Å². The third-order valence-electron chi connectivity index (χ3n) is 2.41. The predicted molar refractivity (Wildman–Crippen MR) is 72.8 cm³/mol. The fraction of sp³-hybridized carbons (Fsp3) is 0.308. The number of aryl methyl sites for hydroxylation is 1. The smallest absolute Gasteiger partial charge is 0.337 e. The monoisotopic (exact) mass is 279 g/mol. The molecule has 3 amide bonds. The lowest BCUT2D eigenvalue weighted by Gasteiger charge is -2.08. The second-order valence-corrected chi connectivity index (χ2v) is 4.03. The molecule has 0 aliphatic rings. The highest BCUT2D eigenvalue weighted by molar-refractivity contribution is 5.90. The fourth-order valence-corrected chi connectivity index (χ4v) is 1.41. The summed E-state index contributed by atoms with van der Waals surface area (Å²) in [6.45, 7) is 1.29. The molecule has 0 unspecified atom stereocenters. The minimum absolute atomic E-state index is 0.262. The van der Waals surface area contributed by atoms with Crippen molar-refractivity contribution in [2.75, 3.05) is 12.4 Å². The SMILES string of the molecule is COC(=O)CCc1ccc(NC(=O)NNC(C)=O)cc1. The average Bonchev–Trinajstić information content (AvgIpc) is 2.44. The third-order valence-corrected chi connectivity index (χ3v) is 2.41. The molecule has 0 saturated heterocycles. The van der Waals surface area contributed by atoms with E-state index in [2.05, 4.69) is 20.9 Å². The standard InChI is InChI=1S/C13H17N3O4/c1-9(17)15-16-13(19)14-11-6-3-10(4-7-11)5-8-12(18)20-2/h3-4,6-7H,5,8H2,1-2H3,(H,15,17)(H2,14,16,19). The van der Waals surface area contributed by atoms with Gasteiger partial charge in [0.1, 0.15) is 0 Å². The molecule has 20 heavy (non-hydrogen) atoms. The number of hydrogen-bond donors (Lipinski definition) is 3. The molecule has 0 spiro atoms. The number of anilines is 1. The van der Waals surface area contributed by atoms with Gasteiger partial charge in [-0.15, -0.1) is 0 Å². The summed E-state index contributed by atoms with van der Waals surface area (Å²) in [5, 5.41) is 2.54. The van der Waals surface area contributed by atoms with Gasteiger partial charge < -0.3 is 10.1 Å². The highest BCUT2D eigenvalue weighted by Crippen LogP contribution is 2.11. The van der Waals surface area contributed by atoms with E-state index in [-0.39, 0.29) is 11.9 Å². The van der Waals surface area contributed by atoms with Gasteiger partial charge in [0.2, 0.25) is 5.91 Å². The molecule has 0 bridgehead atoms. The summed E-state index contributed by atoms with van der Waals surface area (Å²) in [4.78, 5) is 33.0. The van der Waals surface area contributed by atoms with Crippen LogP contribution >= 0.6 is 0 Å². The number of urea groups is 1. The van der Waals surface area contributed by atoms with Gasteiger partial charge in [-0.1, -0.05) is 12.1 Å². The molecular weight excluding hydrogens is 262 g/mol. The van der Waals surface area contributed by atoms with Crippen LogP contribution in [0, 0.1) is 0 Å². The minimum atomic E-state index is -0.539. The third kappa shape index (κ3) is 5.85. The molecule has 3 N–H and O–H groups in total. The number of hydrazine groups is 1. The predicted octanol–water partition coefficient (Wildman–Crippen LogP) is 0.965. The summed E-state index contributed by atoms with van der Waals surface area (Å²) in [6.07, 6.45) is 0.886. The number of carbonyl (C=O) groups excluding carboxylic acids is 3. The summed E-state index contributed by atoms with van der Waals surface area (Å²) in [5.41, 5.74) is 5.89. The lowest BCUT2D eigenvalue weighted by atomic mass is 10.1. The van der Waals surface area contributed by atoms with Crippen LogP contribution in [0.5, 0.6) is 0 Å². The molecule has 7 nitrogen and oxygen atoms in total. The number of ether oxygens (including phenoxy) is 1. The van der Waals surface area contributed by atoms with E-state index in [0.717, 1.165) is 5.56 Å². The number of rotatable bonds is 4. The van der Waals surface area contributed by atoms with Crippen molar-refractivity contribution in [3.05, 3.63) is 29.8 Å². The first kappa shape index (κ1) is 15.5. The molecule has 0 atom stereocenters. The quantitative estimate of drug-likeness (QED) is 0.565. The normalized spacial score (nSPS) is 9.50. The maximum atomic E-state index is 11.4. The molecule has 0 aromatic heterocycles. The van der Waals surface area contributed by atoms with Crippen molar-refractivity contribution in [3.63, 3.8) is 0 Å². The van der Waals surface area contributed by atoms with Gasteiger partial charge in [-0.3, -0.25) is 15.0 Å². The van der Waals surface area contributed by atoms with Gasteiger partial charge in [-0.25, -0.2) is 10.2 Å². The summed E-state index contributed by atoms with van der Waals surface area (Å²) >= 11 is 0. The topological polar surface area (TPSA) is 96.5 Å². The summed E-state index contributed by atoms with van der Waals surface area (Å²) in [7, 11) is 1.35. The van der Waals surface area contributed by atoms with E-state index in [4.69, 9.17) is 0 Å². The Bertz CT molecular complexity index is 485. The van der Waals surface area contributed by atoms with Crippen LogP contribution in [0.2, 0.25) is 0 Å². The van der Waals surface area contributed by atoms with E-state index >= 15 is 0 Å². The molecule has 7 heteroatoms. The van der Waals surface area contributed by atoms with Crippen LogP contribution < -0.4 is 16.2 Å². The number of hydrogen-bond acceptors (Lipinski definition) is 4. The largest absolute Gasteiger partial charge is 0.469 e. The second-order valence-electron chi connectivity index (χ2n) is 4.03. The van der Waals surface area contributed by atoms with Crippen LogP contribution in [0.4, 0.5) is 10.5 Å². The zero-order chi connectivity index (χ0) is 15.0. The molecule has 0 heterocycles. The average molecular weight is 279 g/mol. The molecule has 0 radical (unpaired) electrons. The van der Waals surface area contributed by atoms with Crippen LogP contribution in [0.25, 0.3) is 0 Å². The molecule has 0 aliphatic carbocycles. The van der Waals surface area contributed by atoms with Gasteiger partial charge in [-0.05, 0) is 24.1 Å². The number of methoxy groups -OCH3 is 1. The Morgan fingerprint density at radius 1 is 1.10 bits per heavy atom. The molecule has 0 aliphatic heterocycles. The van der Waals surface area contributed by atoms with Gasteiger partial charge in [0.05, 0.1) is 7.11 Å². The van der Waals surface area contributed by atoms with Crippen molar-refractivity contribution in [2.24, 2.45) is 0 Å². The molecular formula is C13H17N3O4. The van der Waals surface area contributed by atoms with Crippen LogP contribution in [0.1, 0.15) is 18.9 Å². The Balaban J connectivity index is 2.43. The molecule has 1 aromatic rings. The first-order valence-corrected chi connectivity index (χ1v) is 6.00. The van der Waals surface area contributed by atoms with Gasteiger partial charge in [0.25, 0.3) is 0 Å². The number of benzene rings is 1. The first-order valence-electron chi connectivity index (χ1n) is 6.00. The van der Waals surface area contributed by atoms with E-state index in [1.165, 1.54) is 14.0 Å². The highest BCUT2D eigenvalue weighted by atomic mass is 16.5. The number of carbonyl (C=O) groups is 3. The van der Waals surface area contributed by atoms with E-state index in [0.29, 0.717) is 18.5 Å². The fourth-order valence-electron chi connectivity index (χ4n) is 1.41. The van der Waals surface area contributed by atoms with E-state index in [1.54, 1.807) is 24.3 Å². The zero-order valence-corrected chi connectivity index (χ0v) is 11.4. The van der Waals surface area contributed by atoms with E-state index in [1.807, 2.05) is 0 Å². The lowest BCUT2D eigenvalue weighted by molar-refractivity contribution is -0.140. The first-order chi connectivity index (χ1) is 9.51. The van der Waals surface area contributed by atoms with Crippen molar-refractivity contribution in [3.8, 4) is 0 Å². The Labute approximate surface area is 116 Å². The Kier molecular flexibility index (Phi) is 6.02. The van der Waals surface area contributed by atoms with Crippen LogP contribution in [-0.2, 0) is 20.7 Å². The van der Waals surface area contributed by atoms with Gasteiger partial charge in [0.15, 0.2) is 0 Å². The van der Waals surface area contributed by atoms with Crippen molar-refractivity contribution in [1.82, 2.24) is 10.9 Å². The maximum Gasteiger partial charge on any atom is 0.337 e. The number of esters is 1. The Morgan fingerprint density at radius 2 is 1.75 bits per heavy atom. The minimum Gasteiger partial charge on any atom is -0.469 e. The molecule has 0 saturated carbocycles. The van der Waals surface area contributed by atoms with Gasteiger partial charge >= 0.3 is 12.0 Å². The Morgan fingerprint density at radius 3 is 2.30 bits per heavy atom. The number of nitrogens with one attached hydrogen (secondary N) is 3. The van der Waals surface area contributed by atoms with Gasteiger partial charge in [0, 0.05) is 19.0 Å². The number of amides is 3. The highest BCUT2D eigenvalue weighted by Gasteiger charge is 2.03. The van der Waals surface area contributed by atoms with Crippen LogP contribution in [-0.4, -0.2) is 25.0 Å². The molecule has 0 fully saturated rings. The van der Waals surface area contributed by atoms with Crippen LogP contribution in [0.3, 0.4) is 0 Å². The zero-order valence-electron chi connectivity index (χ0n) is 11.4. The summed E-state index contributed by atoms with van der Waals surface area (Å²) < 4.78 is 4.56. The molecule has 1 rings (SSSR count). The summed E-state index contributed by atoms with van der Waals surface area (Å²) in [5.74, 6) is -0.625. The molecule has 1 aromatic carbocycles. The van der Waals surface area contributed by atoms with Crippen LogP contribution in [0.15, 0.2) is 24.3 Å². The van der Waals surface area contributed by atoms with Crippen molar-refractivity contribution >= 4 is 23.6 Å². The van der Waals surface area contributed by atoms with E-state index in [9.17, 15) is 14.4 Å². The summed E-state index contributed by atoms with van der Waals surface area (Å²) in [6, 6.07) is 6.48. The Hall–Kier alpha value is -2.57. The van der Waals surface area contributed by atoms with E-state index < -0.39 is 6.03 Å². The second kappa shape index (κ2) is 7.78. The van der Waals surface area contributed by atoms with Crippen molar-refractivity contribution in [1.29, 1.82) is 0 Å². The van der Waals surface area contributed by atoms with Crippen molar-refractivity contribution < 1.29 is 19.1 Å². The molecule has 108 valence electrons.